The number of hydrogen-bond donors (Lipinski definition) is 2. The summed E-state index contributed by atoms with van der Waals surface area (Å²) in [5.74, 6) is 0. The molecule has 92 valence electrons. The van der Waals surface area contributed by atoms with Gasteiger partial charge in [0.05, 0.1) is 0 Å². The van der Waals surface area contributed by atoms with Crippen molar-refractivity contribution in [2.75, 3.05) is 17.2 Å². The summed E-state index contributed by atoms with van der Waals surface area (Å²) in [5, 5.41) is 6.89. The van der Waals surface area contributed by atoms with Crippen LogP contribution in [0.5, 0.6) is 0 Å². The molecule has 1 heterocycles. The van der Waals surface area contributed by atoms with Gasteiger partial charge < -0.3 is 10.6 Å². The molecule has 18 heavy (non-hydrogen) atoms. The third-order valence-corrected chi connectivity index (χ3v) is 3.38. The first kappa shape index (κ1) is 11.1. The zero-order valence-corrected chi connectivity index (χ0v) is 10.4. The summed E-state index contributed by atoms with van der Waals surface area (Å²) >= 11 is 0. The maximum Gasteiger partial charge on any atom is 0.0400 e. The Kier molecular flexibility index (Phi) is 3.18. The molecule has 2 nitrogen and oxygen atoms in total. The van der Waals surface area contributed by atoms with E-state index in [2.05, 4.69) is 53.1 Å². The molecule has 0 atom stereocenters. The van der Waals surface area contributed by atoms with Gasteiger partial charge in [0, 0.05) is 24.5 Å². The molecule has 1 aliphatic rings. The Labute approximate surface area is 108 Å². The van der Waals surface area contributed by atoms with Gasteiger partial charge in [0.25, 0.3) is 0 Å². The van der Waals surface area contributed by atoms with E-state index in [4.69, 9.17) is 0 Å². The number of nitrogens with one attached hydrogen (secondary N) is 2. The van der Waals surface area contributed by atoms with Crippen LogP contribution in [0.2, 0.25) is 0 Å². The van der Waals surface area contributed by atoms with Crippen LogP contribution < -0.4 is 10.6 Å². The van der Waals surface area contributed by atoms with Gasteiger partial charge in [-0.3, -0.25) is 0 Å². The molecular formula is C16H18N2. The van der Waals surface area contributed by atoms with E-state index in [1.807, 2.05) is 6.07 Å². The molecule has 2 aromatic rings. The van der Waals surface area contributed by atoms with E-state index in [0.717, 1.165) is 13.1 Å². The largest absolute Gasteiger partial charge is 0.385 e. The zero-order chi connectivity index (χ0) is 12.2. The highest BCUT2D eigenvalue weighted by molar-refractivity contribution is 5.55. The third-order valence-electron chi connectivity index (χ3n) is 3.38. The second-order valence-corrected chi connectivity index (χ2v) is 4.74. The molecule has 2 aromatic carbocycles. The van der Waals surface area contributed by atoms with E-state index in [9.17, 15) is 0 Å². The maximum absolute atomic E-state index is 3.45. The number of benzene rings is 2. The third kappa shape index (κ3) is 2.48. The number of rotatable bonds is 3. The summed E-state index contributed by atoms with van der Waals surface area (Å²) in [7, 11) is 0. The number of anilines is 2. The lowest BCUT2D eigenvalue weighted by atomic mass is 10.0. The molecular weight excluding hydrogens is 220 g/mol. The van der Waals surface area contributed by atoms with Crippen LogP contribution in [-0.4, -0.2) is 6.54 Å². The van der Waals surface area contributed by atoms with Crippen LogP contribution in [0.1, 0.15) is 17.5 Å². The average molecular weight is 238 g/mol. The quantitative estimate of drug-likeness (QED) is 0.852. The number of fused-ring (bicyclic) bond motifs is 1. The second kappa shape index (κ2) is 5.13. The van der Waals surface area contributed by atoms with Gasteiger partial charge in [-0.15, -0.1) is 0 Å². The van der Waals surface area contributed by atoms with Crippen LogP contribution in [0.3, 0.4) is 0 Å². The van der Waals surface area contributed by atoms with Gasteiger partial charge in [0.15, 0.2) is 0 Å². The van der Waals surface area contributed by atoms with Crippen molar-refractivity contribution in [1.82, 2.24) is 0 Å². The van der Waals surface area contributed by atoms with Gasteiger partial charge in [-0.1, -0.05) is 30.3 Å². The summed E-state index contributed by atoms with van der Waals surface area (Å²) in [6, 6.07) is 17.1. The number of aryl methyl sites for hydroxylation is 1. The van der Waals surface area contributed by atoms with Crippen LogP contribution in [-0.2, 0) is 13.0 Å². The Bertz CT molecular complexity index is 520. The van der Waals surface area contributed by atoms with Gasteiger partial charge >= 0.3 is 0 Å². The molecule has 0 aliphatic carbocycles. The molecule has 0 saturated carbocycles. The second-order valence-electron chi connectivity index (χ2n) is 4.74. The molecule has 0 bridgehead atoms. The minimum atomic E-state index is 0.886. The van der Waals surface area contributed by atoms with Crippen LogP contribution >= 0.6 is 0 Å². The highest BCUT2D eigenvalue weighted by Crippen LogP contribution is 2.23. The summed E-state index contributed by atoms with van der Waals surface area (Å²) < 4.78 is 0. The highest BCUT2D eigenvalue weighted by atomic mass is 14.9. The molecule has 1 aliphatic heterocycles. The van der Waals surface area contributed by atoms with Gasteiger partial charge in [0.1, 0.15) is 0 Å². The highest BCUT2D eigenvalue weighted by Gasteiger charge is 2.08. The molecule has 0 amide bonds. The van der Waals surface area contributed by atoms with Crippen molar-refractivity contribution in [1.29, 1.82) is 0 Å². The Balaban J connectivity index is 1.70. The van der Waals surface area contributed by atoms with Crippen LogP contribution in [0.15, 0.2) is 48.5 Å². The first-order valence-corrected chi connectivity index (χ1v) is 6.56. The average Bonchev–Trinajstić information content (AvgIpc) is 2.46. The van der Waals surface area contributed by atoms with Crippen molar-refractivity contribution in [3.8, 4) is 0 Å². The zero-order valence-electron chi connectivity index (χ0n) is 10.4. The van der Waals surface area contributed by atoms with Gasteiger partial charge in [-0.25, -0.2) is 0 Å². The Morgan fingerprint density at radius 2 is 1.94 bits per heavy atom. The molecule has 3 rings (SSSR count). The van der Waals surface area contributed by atoms with Crippen LogP contribution in [0.25, 0.3) is 0 Å². The predicted octanol–water partition coefficient (Wildman–Crippen LogP) is 3.66. The first-order valence-electron chi connectivity index (χ1n) is 6.56. The van der Waals surface area contributed by atoms with Crippen molar-refractivity contribution in [2.24, 2.45) is 0 Å². The molecule has 2 N–H and O–H groups in total. The summed E-state index contributed by atoms with van der Waals surface area (Å²) in [5.41, 5.74) is 5.29. The van der Waals surface area contributed by atoms with E-state index >= 15 is 0 Å². The SMILES string of the molecule is c1ccc(NCc2ccc3c(c2)CCCN3)cc1. The summed E-state index contributed by atoms with van der Waals surface area (Å²) in [6.07, 6.45) is 2.43. The first-order chi connectivity index (χ1) is 8.92. The molecule has 2 heteroatoms. The van der Waals surface area contributed by atoms with E-state index in [1.54, 1.807) is 0 Å². The van der Waals surface area contributed by atoms with Crippen molar-refractivity contribution in [2.45, 2.75) is 19.4 Å². The Morgan fingerprint density at radius 3 is 2.83 bits per heavy atom. The van der Waals surface area contributed by atoms with Crippen molar-refractivity contribution >= 4 is 11.4 Å². The van der Waals surface area contributed by atoms with Crippen molar-refractivity contribution < 1.29 is 0 Å². The van der Waals surface area contributed by atoms with E-state index in [1.165, 1.54) is 35.3 Å². The monoisotopic (exact) mass is 238 g/mol. The van der Waals surface area contributed by atoms with Gasteiger partial charge in [-0.2, -0.15) is 0 Å². The van der Waals surface area contributed by atoms with E-state index in [-0.39, 0.29) is 0 Å². The van der Waals surface area contributed by atoms with Crippen molar-refractivity contribution in [3.63, 3.8) is 0 Å². The fourth-order valence-corrected chi connectivity index (χ4v) is 2.40. The lowest BCUT2D eigenvalue weighted by Crippen LogP contribution is -2.12. The standard InChI is InChI=1S/C16H18N2/c1-2-6-15(7-3-1)18-12-13-8-9-16-14(11-13)5-4-10-17-16/h1-3,6-9,11,17-18H,4-5,10,12H2. The van der Waals surface area contributed by atoms with E-state index < -0.39 is 0 Å². The summed E-state index contributed by atoms with van der Waals surface area (Å²) in [4.78, 5) is 0. The molecule has 0 aromatic heterocycles. The minimum Gasteiger partial charge on any atom is -0.385 e. The van der Waals surface area contributed by atoms with Gasteiger partial charge in [-0.05, 0) is 42.2 Å². The van der Waals surface area contributed by atoms with Crippen LogP contribution in [0, 0.1) is 0 Å². The lowest BCUT2D eigenvalue weighted by molar-refractivity contribution is 0.828. The summed E-state index contributed by atoms with van der Waals surface area (Å²) in [6.45, 7) is 1.99. The smallest absolute Gasteiger partial charge is 0.0400 e. The molecule has 0 unspecified atom stereocenters. The Morgan fingerprint density at radius 1 is 1.06 bits per heavy atom. The number of para-hydroxylation sites is 1. The predicted molar refractivity (Wildman–Crippen MR) is 77.0 cm³/mol. The Hall–Kier alpha value is -1.96. The number of hydrogen-bond acceptors (Lipinski definition) is 2. The molecule has 0 fully saturated rings. The minimum absolute atomic E-state index is 0.886. The van der Waals surface area contributed by atoms with Gasteiger partial charge in [0.2, 0.25) is 0 Å². The maximum atomic E-state index is 3.45. The molecule has 0 spiro atoms. The lowest BCUT2D eigenvalue weighted by Gasteiger charge is -2.19. The van der Waals surface area contributed by atoms with Crippen molar-refractivity contribution in [3.05, 3.63) is 59.7 Å². The topological polar surface area (TPSA) is 24.1 Å². The van der Waals surface area contributed by atoms with E-state index in [0.29, 0.717) is 0 Å². The fraction of sp³-hybridized carbons (Fsp3) is 0.250. The molecule has 0 radical (unpaired) electrons. The van der Waals surface area contributed by atoms with Crippen LogP contribution in [0.4, 0.5) is 11.4 Å². The molecule has 0 saturated heterocycles. The fourth-order valence-electron chi connectivity index (χ4n) is 2.40. The normalized spacial score (nSPS) is 13.6.